The summed E-state index contributed by atoms with van der Waals surface area (Å²) in [5.41, 5.74) is 3.13. The third-order valence-corrected chi connectivity index (χ3v) is 6.42. The normalized spacial score (nSPS) is 18.9. The van der Waals surface area contributed by atoms with Crippen molar-refractivity contribution in [1.82, 2.24) is 14.8 Å². The number of fused-ring (bicyclic) bond motifs is 1. The summed E-state index contributed by atoms with van der Waals surface area (Å²) in [7, 11) is 3.22. The SMILES string of the molecule is COc1ccc(C2C3=C(CC(C)(C)CC3=O)Nc3nc(-c4ccc(Cl)cc4)nn32)c(OC)c1. The van der Waals surface area contributed by atoms with E-state index in [9.17, 15) is 4.79 Å². The predicted molar refractivity (Wildman–Crippen MR) is 127 cm³/mol. The van der Waals surface area contributed by atoms with E-state index in [1.165, 1.54) is 0 Å². The van der Waals surface area contributed by atoms with E-state index in [0.717, 1.165) is 23.2 Å². The molecule has 8 heteroatoms. The molecule has 0 amide bonds. The molecule has 5 rings (SSSR count). The summed E-state index contributed by atoms with van der Waals surface area (Å²) in [5.74, 6) is 2.55. The van der Waals surface area contributed by atoms with Gasteiger partial charge >= 0.3 is 0 Å². The van der Waals surface area contributed by atoms with Crippen LogP contribution < -0.4 is 14.8 Å². The molecule has 0 saturated carbocycles. The molecule has 0 spiro atoms. The van der Waals surface area contributed by atoms with Crippen LogP contribution in [0.5, 0.6) is 11.5 Å². The van der Waals surface area contributed by atoms with Crippen molar-refractivity contribution in [2.24, 2.45) is 5.41 Å². The number of rotatable bonds is 4. The molecule has 1 aromatic heterocycles. The third kappa shape index (κ3) is 3.76. The van der Waals surface area contributed by atoms with Gasteiger partial charge in [0.25, 0.3) is 0 Å². The lowest BCUT2D eigenvalue weighted by Gasteiger charge is -2.38. The maximum absolute atomic E-state index is 13.4. The zero-order valence-corrected chi connectivity index (χ0v) is 19.7. The minimum Gasteiger partial charge on any atom is -0.497 e. The van der Waals surface area contributed by atoms with Crippen molar-refractivity contribution in [1.29, 1.82) is 0 Å². The molecule has 170 valence electrons. The Bertz CT molecular complexity index is 1280. The molecule has 0 radical (unpaired) electrons. The van der Waals surface area contributed by atoms with Crippen molar-refractivity contribution in [3.63, 3.8) is 0 Å². The van der Waals surface area contributed by atoms with Crippen molar-refractivity contribution in [3.8, 4) is 22.9 Å². The number of nitrogens with one attached hydrogen (secondary N) is 1. The lowest BCUT2D eigenvalue weighted by Crippen LogP contribution is -2.36. The fraction of sp³-hybridized carbons (Fsp3) is 0.320. The second-order valence-electron chi connectivity index (χ2n) is 9.18. The number of hydrogen-bond acceptors (Lipinski definition) is 6. The van der Waals surface area contributed by atoms with Gasteiger partial charge in [-0.1, -0.05) is 25.4 Å². The molecule has 2 heterocycles. The highest BCUT2D eigenvalue weighted by atomic mass is 35.5. The fourth-order valence-electron chi connectivity index (χ4n) is 4.66. The maximum Gasteiger partial charge on any atom is 0.226 e. The second-order valence-corrected chi connectivity index (χ2v) is 9.62. The Kier molecular flexibility index (Phi) is 5.16. The molecule has 0 fully saturated rings. The summed E-state index contributed by atoms with van der Waals surface area (Å²) in [6.07, 6.45) is 1.21. The Hall–Kier alpha value is -3.32. The number of anilines is 1. The van der Waals surface area contributed by atoms with Gasteiger partial charge < -0.3 is 14.8 Å². The molecule has 0 bridgehead atoms. The molecule has 7 nitrogen and oxygen atoms in total. The summed E-state index contributed by atoms with van der Waals surface area (Å²) in [4.78, 5) is 18.2. The summed E-state index contributed by atoms with van der Waals surface area (Å²) < 4.78 is 12.9. The van der Waals surface area contributed by atoms with Gasteiger partial charge in [-0.3, -0.25) is 4.79 Å². The molecule has 1 aliphatic heterocycles. The topological polar surface area (TPSA) is 78.3 Å². The molecule has 2 aromatic carbocycles. The van der Waals surface area contributed by atoms with Crippen LogP contribution in [0.15, 0.2) is 53.7 Å². The van der Waals surface area contributed by atoms with E-state index in [1.54, 1.807) is 18.9 Å². The number of benzene rings is 2. The average Bonchev–Trinajstić information content (AvgIpc) is 3.20. The molecule has 1 N–H and O–H groups in total. The molecule has 3 aromatic rings. The van der Waals surface area contributed by atoms with Crippen molar-refractivity contribution < 1.29 is 14.3 Å². The van der Waals surface area contributed by atoms with Gasteiger partial charge in [-0.25, -0.2) is 4.68 Å². The highest BCUT2D eigenvalue weighted by Crippen LogP contribution is 2.47. The van der Waals surface area contributed by atoms with Crippen LogP contribution >= 0.6 is 11.6 Å². The van der Waals surface area contributed by atoms with Gasteiger partial charge in [-0.2, -0.15) is 4.98 Å². The number of halogens is 1. The van der Waals surface area contributed by atoms with Crippen LogP contribution in [0.25, 0.3) is 11.4 Å². The molecule has 1 atom stereocenters. The van der Waals surface area contributed by atoms with Crippen LogP contribution in [0.2, 0.25) is 5.02 Å². The second kappa shape index (κ2) is 7.92. The predicted octanol–water partition coefficient (Wildman–Crippen LogP) is 5.27. The van der Waals surface area contributed by atoms with E-state index in [1.807, 2.05) is 42.5 Å². The number of ether oxygens (including phenoxy) is 2. The van der Waals surface area contributed by atoms with Gasteiger partial charge in [0, 0.05) is 39.9 Å². The van der Waals surface area contributed by atoms with Gasteiger partial charge in [0.2, 0.25) is 5.95 Å². The van der Waals surface area contributed by atoms with E-state index in [0.29, 0.717) is 40.3 Å². The first-order valence-corrected chi connectivity index (χ1v) is 11.1. The number of ketones is 1. The third-order valence-electron chi connectivity index (χ3n) is 6.17. The molecular formula is C25H25ClN4O3. The first-order chi connectivity index (χ1) is 15.8. The lowest BCUT2D eigenvalue weighted by molar-refractivity contribution is -0.118. The summed E-state index contributed by atoms with van der Waals surface area (Å²) in [6.45, 7) is 4.22. The molecule has 33 heavy (non-hydrogen) atoms. The number of aromatic nitrogens is 3. The maximum atomic E-state index is 13.4. The molecule has 1 unspecified atom stereocenters. The molecular weight excluding hydrogens is 440 g/mol. The number of allylic oxidation sites excluding steroid dienone is 2. The van der Waals surface area contributed by atoms with E-state index < -0.39 is 6.04 Å². The summed E-state index contributed by atoms with van der Waals surface area (Å²) in [5, 5.41) is 8.86. The number of carbonyl (C=O) groups excluding carboxylic acids is 1. The van der Waals surface area contributed by atoms with Gasteiger partial charge in [0.05, 0.1) is 14.2 Å². The number of hydrogen-bond donors (Lipinski definition) is 1. The first-order valence-electron chi connectivity index (χ1n) is 10.8. The van der Waals surface area contributed by atoms with Gasteiger partial charge in [0.15, 0.2) is 11.6 Å². The highest BCUT2D eigenvalue weighted by molar-refractivity contribution is 6.30. The van der Waals surface area contributed by atoms with E-state index in [4.69, 9.17) is 31.2 Å². The Labute approximate surface area is 197 Å². The van der Waals surface area contributed by atoms with Gasteiger partial charge in [-0.05, 0) is 48.2 Å². The zero-order chi connectivity index (χ0) is 23.3. The van der Waals surface area contributed by atoms with Crippen LogP contribution in [0.3, 0.4) is 0 Å². The van der Waals surface area contributed by atoms with Crippen LogP contribution in [0.4, 0.5) is 5.95 Å². The Morgan fingerprint density at radius 2 is 1.85 bits per heavy atom. The summed E-state index contributed by atoms with van der Waals surface area (Å²) >= 11 is 6.06. The largest absolute Gasteiger partial charge is 0.497 e. The van der Waals surface area contributed by atoms with Crippen molar-refractivity contribution in [2.75, 3.05) is 19.5 Å². The standard InChI is InChI=1S/C25H25ClN4O3/c1-25(2)12-18-21(19(31)13-25)22(17-10-9-16(32-3)11-20(17)33-4)30-24(27-18)28-23(29-30)14-5-7-15(26)8-6-14/h5-11,22H,12-13H2,1-4H3,(H,27,28,29). The van der Waals surface area contributed by atoms with Crippen LogP contribution in [0.1, 0.15) is 38.3 Å². The quantitative estimate of drug-likeness (QED) is 0.566. The Morgan fingerprint density at radius 1 is 1.09 bits per heavy atom. The van der Waals surface area contributed by atoms with Gasteiger partial charge in [0.1, 0.15) is 17.5 Å². The molecule has 2 aliphatic rings. The van der Waals surface area contributed by atoms with Crippen LogP contribution in [0, 0.1) is 5.41 Å². The van der Waals surface area contributed by atoms with Crippen LogP contribution in [-0.4, -0.2) is 34.8 Å². The van der Waals surface area contributed by atoms with E-state index in [-0.39, 0.29) is 11.2 Å². The number of methoxy groups -OCH3 is 2. The number of carbonyl (C=O) groups is 1. The molecule has 1 aliphatic carbocycles. The van der Waals surface area contributed by atoms with Gasteiger partial charge in [-0.15, -0.1) is 5.10 Å². The monoisotopic (exact) mass is 464 g/mol. The van der Waals surface area contributed by atoms with Crippen molar-refractivity contribution in [2.45, 2.75) is 32.7 Å². The molecule has 0 saturated heterocycles. The average molecular weight is 465 g/mol. The zero-order valence-electron chi connectivity index (χ0n) is 19.0. The first kappa shape index (κ1) is 21.5. The summed E-state index contributed by atoms with van der Waals surface area (Å²) in [6, 6.07) is 12.5. The number of Topliss-reactive ketones (excluding diaryl/α,β-unsaturated/α-hetero) is 1. The fourth-order valence-corrected chi connectivity index (χ4v) is 4.79. The highest BCUT2D eigenvalue weighted by Gasteiger charge is 2.42. The van der Waals surface area contributed by atoms with E-state index in [2.05, 4.69) is 19.2 Å². The van der Waals surface area contributed by atoms with Crippen LogP contribution in [-0.2, 0) is 4.79 Å². The minimum absolute atomic E-state index is 0.103. The Morgan fingerprint density at radius 3 is 2.55 bits per heavy atom. The lowest BCUT2D eigenvalue weighted by atomic mass is 9.73. The van der Waals surface area contributed by atoms with Crippen molar-refractivity contribution in [3.05, 3.63) is 64.3 Å². The smallest absolute Gasteiger partial charge is 0.226 e. The minimum atomic E-state index is -0.464. The Balaban J connectivity index is 1.70. The van der Waals surface area contributed by atoms with E-state index >= 15 is 0 Å². The van der Waals surface area contributed by atoms with Crippen molar-refractivity contribution >= 4 is 23.3 Å². The number of nitrogens with zero attached hydrogens (tertiary/aromatic N) is 3.